The van der Waals surface area contributed by atoms with E-state index in [1.54, 1.807) is 4.72 Å². The second-order valence-corrected chi connectivity index (χ2v) is 5.56. The van der Waals surface area contributed by atoms with E-state index in [0.717, 1.165) is 18.2 Å². The highest BCUT2D eigenvalue weighted by atomic mass is 32.2. The molecule has 112 valence electrons. The van der Waals surface area contributed by atoms with E-state index in [1.807, 2.05) is 0 Å². The lowest BCUT2D eigenvalue weighted by Crippen LogP contribution is -2.29. The lowest BCUT2D eigenvalue weighted by molar-refractivity contribution is -0.132. The molecule has 20 heavy (non-hydrogen) atoms. The fourth-order valence-corrected chi connectivity index (χ4v) is 2.56. The minimum Gasteiger partial charge on any atom is -0.478 e. The molecule has 0 radical (unpaired) electrons. The first-order valence-corrected chi connectivity index (χ1v) is 6.70. The molecule has 1 rings (SSSR count). The summed E-state index contributed by atoms with van der Waals surface area (Å²) in [5.74, 6) is -1.55. The Balaban J connectivity index is 3.01. The highest BCUT2D eigenvalue weighted by Crippen LogP contribution is 2.21. The summed E-state index contributed by atoms with van der Waals surface area (Å²) in [7, 11) is -4.36. The number of aromatic carboxylic acids is 1. The number of sulfonamides is 1. The maximum absolute atomic E-state index is 11.9. The van der Waals surface area contributed by atoms with Crippen molar-refractivity contribution in [2.45, 2.75) is 17.5 Å². The molecule has 1 aromatic rings. The van der Waals surface area contributed by atoms with Crippen molar-refractivity contribution in [2.24, 2.45) is 0 Å². The second-order valence-electron chi connectivity index (χ2n) is 3.82. The van der Waals surface area contributed by atoms with Gasteiger partial charge in [-0.05, 0) is 18.2 Å². The van der Waals surface area contributed by atoms with Crippen LogP contribution in [0.3, 0.4) is 0 Å². The number of benzene rings is 1. The van der Waals surface area contributed by atoms with Gasteiger partial charge in [0.05, 0.1) is 16.9 Å². The third kappa shape index (κ3) is 4.38. The second kappa shape index (κ2) is 5.67. The molecule has 0 atom stereocenters. The number of carboxylic acids is 1. The summed E-state index contributed by atoms with van der Waals surface area (Å²) in [6.07, 6.45) is -5.87. The summed E-state index contributed by atoms with van der Waals surface area (Å²) < 4.78 is 61.1. The molecule has 0 unspecified atom stereocenters. The molecule has 4 N–H and O–H groups in total. The molecular formula is C10H11F3N2O4S. The van der Waals surface area contributed by atoms with Gasteiger partial charge in [0.2, 0.25) is 10.0 Å². The highest BCUT2D eigenvalue weighted by Gasteiger charge is 2.28. The number of nitrogens with one attached hydrogen (secondary N) is 1. The quantitative estimate of drug-likeness (QED) is 0.708. The lowest BCUT2D eigenvalue weighted by atomic mass is 10.2. The van der Waals surface area contributed by atoms with E-state index >= 15 is 0 Å². The Kier molecular flexibility index (Phi) is 4.61. The predicted octanol–water partition coefficient (Wildman–Crippen LogP) is 1.20. The summed E-state index contributed by atoms with van der Waals surface area (Å²) >= 11 is 0. The number of rotatable bonds is 5. The van der Waals surface area contributed by atoms with Crippen LogP contribution < -0.4 is 10.5 Å². The number of alkyl halides is 3. The Bertz CT molecular complexity index is 613. The monoisotopic (exact) mass is 312 g/mol. The Morgan fingerprint density at radius 2 is 1.95 bits per heavy atom. The van der Waals surface area contributed by atoms with Crippen LogP contribution in [0.2, 0.25) is 0 Å². The van der Waals surface area contributed by atoms with Crippen molar-refractivity contribution < 1.29 is 31.5 Å². The van der Waals surface area contributed by atoms with Crippen LogP contribution in [-0.4, -0.2) is 32.2 Å². The Hall–Kier alpha value is -1.81. The number of hydrogen-bond donors (Lipinski definition) is 3. The van der Waals surface area contributed by atoms with Crippen molar-refractivity contribution in [3.05, 3.63) is 23.8 Å². The molecule has 0 saturated heterocycles. The molecule has 0 saturated carbocycles. The van der Waals surface area contributed by atoms with Gasteiger partial charge in [-0.3, -0.25) is 0 Å². The van der Waals surface area contributed by atoms with Gasteiger partial charge in [-0.2, -0.15) is 13.2 Å². The zero-order valence-corrected chi connectivity index (χ0v) is 10.8. The molecule has 0 aromatic heterocycles. The SMILES string of the molecule is Nc1ccc(S(=O)(=O)NCCC(F)(F)F)c(C(=O)O)c1. The average Bonchev–Trinajstić information content (AvgIpc) is 2.26. The molecule has 1 aromatic carbocycles. The van der Waals surface area contributed by atoms with Crippen molar-refractivity contribution in [1.29, 1.82) is 0 Å². The van der Waals surface area contributed by atoms with E-state index in [1.165, 1.54) is 0 Å². The first-order chi connectivity index (χ1) is 9.03. The van der Waals surface area contributed by atoms with E-state index in [2.05, 4.69) is 0 Å². The van der Waals surface area contributed by atoms with Gasteiger partial charge in [0, 0.05) is 12.2 Å². The molecule has 10 heteroatoms. The van der Waals surface area contributed by atoms with E-state index < -0.39 is 45.6 Å². The maximum atomic E-state index is 11.9. The first kappa shape index (κ1) is 16.2. The van der Waals surface area contributed by atoms with Crippen LogP contribution in [0, 0.1) is 0 Å². The van der Waals surface area contributed by atoms with Gasteiger partial charge in [-0.1, -0.05) is 0 Å². The van der Waals surface area contributed by atoms with Crippen LogP contribution in [0.4, 0.5) is 18.9 Å². The largest absolute Gasteiger partial charge is 0.478 e. The third-order valence-electron chi connectivity index (χ3n) is 2.22. The minimum absolute atomic E-state index is 0.0247. The number of nitrogen functional groups attached to an aromatic ring is 1. The molecule has 0 bridgehead atoms. The van der Waals surface area contributed by atoms with Gasteiger partial charge in [0.15, 0.2) is 0 Å². The van der Waals surface area contributed by atoms with Gasteiger partial charge in [-0.25, -0.2) is 17.9 Å². The van der Waals surface area contributed by atoms with Crippen LogP contribution in [0.1, 0.15) is 16.8 Å². The fraction of sp³-hybridized carbons (Fsp3) is 0.300. The molecule has 0 aliphatic heterocycles. The summed E-state index contributed by atoms with van der Waals surface area (Å²) in [5.41, 5.74) is 4.76. The number of carboxylic acid groups (broad SMARTS) is 1. The summed E-state index contributed by atoms with van der Waals surface area (Å²) in [6.45, 7) is -0.880. The van der Waals surface area contributed by atoms with Crippen LogP contribution in [0.5, 0.6) is 0 Å². The van der Waals surface area contributed by atoms with Crippen LogP contribution in [0.25, 0.3) is 0 Å². The maximum Gasteiger partial charge on any atom is 0.390 e. The smallest absolute Gasteiger partial charge is 0.390 e. The van der Waals surface area contributed by atoms with E-state index in [9.17, 15) is 26.4 Å². The van der Waals surface area contributed by atoms with Gasteiger partial charge < -0.3 is 10.8 Å². The summed E-state index contributed by atoms with van der Waals surface area (Å²) in [5, 5.41) is 8.88. The van der Waals surface area contributed by atoms with E-state index in [0.29, 0.717) is 0 Å². The normalized spacial score (nSPS) is 12.3. The van der Waals surface area contributed by atoms with E-state index in [4.69, 9.17) is 10.8 Å². The molecule has 0 aliphatic rings. The zero-order chi connectivity index (χ0) is 15.6. The zero-order valence-electron chi connectivity index (χ0n) is 9.94. The van der Waals surface area contributed by atoms with Crippen molar-refractivity contribution in [3.8, 4) is 0 Å². The molecule has 0 aliphatic carbocycles. The standard InChI is InChI=1S/C10H11F3N2O4S/c11-10(12,13)3-4-15-20(18,19)8-2-1-6(14)5-7(8)9(16)17/h1-2,5,15H,3-4,14H2,(H,16,17). The Labute approximate surface area is 112 Å². The summed E-state index contributed by atoms with van der Waals surface area (Å²) in [6, 6.07) is 2.99. The molecule has 0 heterocycles. The van der Waals surface area contributed by atoms with Crippen molar-refractivity contribution >= 4 is 21.7 Å². The fourth-order valence-electron chi connectivity index (χ4n) is 1.35. The van der Waals surface area contributed by atoms with Gasteiger partial charge in [-0.15, -0.1) is 0 Å². The molecule has 0 amide bonds. The van der Waals surface area contributed by atoms with Crippen LogP contribution >= 0.6 is 0 Å². The third-order valence-corrected chi connectivity index (χ3v) is 3.74. The lowest BCUT2D eigenvalue weighted by Gasteiger charge is -2.11. The molecule has 6 nitrogen and oxygen atoms in total. The Morgan fingerprint density at radius 1 is 1.35 bits per heavy atom. The number of nitrogens with two attached hydrogens (primary N) is 1. The first-order valence-electron chi connectivity index (χ1n) is 5.22. The number of halogens is 3. The number of carbonyl (C=O) groups is 1. The Morgan fingerprint density at radius 3 is 2.45 bits per heavy atom. The van der Waals surface area contributed by atoms with Gasteiger partial charge in [0.25, 0.3) is 0 Å². The average molecular weight is 312 g/mol. The van der Waals surface area contributed by atoms with Gasteiger partial charge in [0.1, 0.15) is 0 Å². The van der Waals surface area contributed by atoms with Crippen molar-refractivity contribution in [3.63, 3.8) is 0 Å². The van der Waals surface area contributed by atoms with Crippen molar-refractivity contribution in [1.82, 2.24) is 4.72 Å². The predicted molar refractivity (Wildman–Crippen MR) is 63.7 cm³/mol. The molecule has 0 fully saturated rings. The van der Waals surface area contributed by atoms with Gasteiger partial charge >= 0.3 is 12.1 Å². The van der Waals surface area contributed by atoms with E-state index in [-0.39, 0.29) is 5.69 Å². The van der Waals surface area contributed by atoms with Crippen LogP contribution in [-0.2, 0) is 10.0 Å². The highest BCUT2D eigenvalue weighted by molar-refractivity contribution is 7.89. The topological polar surface area (TPSA) is 109 Å². The van der Waals surface area contributed by atoms with Crippen LogP contribution in [0.15, 0.2) is 23.1 Å². The number of anilines is 1. The minimum atomic E-state index is -4.51. The molecule has 0 spiro atoms. The number of hydrogen-bond acceptors (Lipinski definition) is 4. The summed E-state index contributed by atoms with van der Waals surface area (Å²) in [4.78, 5) is 10.3. The molecular weight excluding hydrogens is 301 g/mol. The van der Waals surface area contributed by atoms with Crippen molar-refractivity contribution in [2.75, 3.05) is 12.3 Å².